The highest BCUT2D eigenvalue weighted by Gasteiger charge is 2.08. The smallest absolute Gasteiger partial charge is 0.145 e. The standard InChI is InChI=1S/C12H11BrClNO/c1-2-6-16-10-5-3-4-8-11(14)9(13)7-15-12(8)10/h3-5,7H,2,6H2,1H3. The van der Waals surface area contributed by atoms with Gasteiger partial charge in [0.2, 0.25) is 0 Å². The van der Waals surface area contributed by atoms with Crippen molar-refractivity contribution in [2.75, 3.05) is 6.61 Å². The fraction of sp³-hybridized carbons (Fsp3) is 0.250. The van der Waals surface area contributed by atoms with Crippen molar-refractivity contribution in [2.45, 2.75) is 13.3 Å². The Balaban J connectivity index is 2.56. The van der Waals surface area contributed by atoms with E-state index in [1.54, 1.807) is 6.20 Å². The maximum absolute atomic E-state index is 6.19. The van der Waals surface area contributed by atoms with Crippen molar-refractivity contribution in [2.24, 2.45) is 0 Å². The van der Waals surface area contributed by atoms with Gasteiger partial charge in [-0.2, -0.15) is 0 Å². The summed E-state index contributed by atoms with van der Waals surface area (Å²) in [4.78, 5) is 4.34. The van der Waals surface area contributed by atoms with E-state index in [9.17, 15) is 0 Å². The number of hydrogen-bond donors (Lipinski definition) is 0. The minimum atomic E-state index is 0.673. The summed E-state index contributed by atoms with van der Waals surface area (Å²) in [6.45, 7) is 2.76. The second-order valence-electron chi connectivity index (χ2n) is 3.42. The van der Waals surface area contributed by atoms with Gasteiger partial charge in [-0.1, -0.05) is 30.7 Å². The van der Waals surface area contributed by atoms with E-state index >= 15 is 0 Å². The minimum Gasteiger partial charge on any atom is -0.491 e. The van der Waals surface area contributed by atoms with E-state index in [2.05, 4.69) is 27.8 Å². The monoisotopic (exact) mass is 299 g/mol. The molecule has 0 aliphatic heterocycles. The number of halogens is 2. The molecule has 1 aromatic carbocycles. The molecule has 4 heteroatoms. The van der Waals surface area contributed by atoms with Crippen LogP contribution in [0.4, 0.5) is 0 Å². The molecule has 0 saturated carbocycles. The highest BCUT2D eigenvalue weighted by molar-refractivity contribution is 9.10. The van der Waals surface area contributed by atoms with Crippen molar-refractivity contribution in [3.63, 3.8) is 0 Å². The number of pyridine rings is 1. The predicted molar refractivity (Wildman–Crippen MR) is 70.2 cm³/mol. The Kier molecular flexibility index (Phi) is 3.66. The number of hydrogen-bond acceptors (Lipinski definition) is 2. The van der Waals surface area contributed by atoms with Gasteiger partial charge in [0, 0.05) is 11.6 Å². The maximum atomic E-state index is 6.19. The van der Waals surface area contributed by atoms with Crippen LogP contribution in [0.2, 0.25) is 5.02 Å². The number of nitrogens with zero attached hydrogens (tertiary/aromatic N) is 1. The fourth-order valence-corrected chi connectivity index (χ4v) is 1.98. The first-order valence-corrected chi connectivity index (χ1v) is 6.26. The normalized spacial score (nSPS) is 10.7. The first-order chi connectivity index (χ1) is 7.74. The van der Waals surface area contributed by atoms with Gasteiger partial charge in [-0.25, -0.2) is 0 Å². The molecule has 84 valence electrons. The molecule has 1 aromatic heterocycles. The van der Waals surface area contributed by atoms with Crippen LogP contribution in [0, 0.1) is 0 Å². The van der Waals surface area contributed by atoms with Crippen molar-refractivity contribution < 1.29 is 4.74 Å². The molecule has 0 aliphatic rings. The van der Waals surface area contributed by atoms with E-state index in [1.807, 2.05) is 18.2 Å². The summed E-state index contributed by atoms with van der Waals surface area (Å²) in [6, 6.07) is 5.77. The molecule has 0 N–H and O–H groups in total. The summed E-state index contributed by atoms with van der Waals surface area (Å²) in [6.07, 6.45) is 2.67. The Labute approximate surface area is 108 Å². The van der Waals surface area contributed by atoms with E-state index in [-0.39, 0.29) is 0 Å². The van der Waals surface area contributed by atoms with E-state index in [0.29, 0.717) is 11.6 Å². The van der Waals surface area contributed by atoms with Crippen LogP contribution in [0.3, 0.4) is 0 Å². The Bertz CT molecular complexity index is 516. The van der Waals surface area contributed by atoms with Crippen molar-refractivity contribution in [3.05, 3.63) is 33.9 Å². The second kappa shape index (κ2) is 5.02. The molecule has 0 atom stereocenters. The fourth-order valence-electron chi connectivity index (χ4n) is 1.47. The number of rotatable bonds is 3. The van der Waals surface area contributed by atoms with Crippen LogP contribution in [0.1, 0.15) is 13.3 Å². The second-order valence-corrected chi connectivity index (χ2v) is 4.65. The molecule has 2 aromatic rings. The first kappa shape index (κ1) is 11.7. The quantitative estimate of drug-likeness (QED) is 0.836. The molecule has 0 unspecified atom stereocenters. The van der Waals surface area contributed by atoms with Crippen LogP contribution in [0.25, 0.3) is 10.9 Å². The molecular formula is C12H11BrClNO. The summed E-state index contributed by atoms with van der Waals surface area (Å²) in [5.74, 6) is 0.786. The van der Waals surface area contributed by atoms with Gasteiger partial charge in [0.1, 0.15) is 11.3 Å². The van der Waals surface area contributed by atoms with Crippen LogP contribution in [-0.2, 0) is 0 Å². The van der Waals surface area contributed by atoms with E-state index in [1.165, 1.54) is 0 Å². The average Bonchev–Trinajstić information content (AvgIpc) is 2.31. The summed E-state index contributed by atoms with van der Waals surface area (Å²) in [7, 11) is 0. The van der Waals surface area contributed by atoms with Crippen molar-refractivity contribution in [1.29, 1.82) is 0 Å². The first-order valence-electron chi connectivity index (χ1n) is 5.09. The van der Waals surface area contributed by atoms with Crippen LogP contribution < -0.4 is 4.74 Å². The lowest BCUT2D eigenvalue weighted by atomic mass is 10.2. The zero-order valence-corrected chi connectivity index (χ0v) is 11.2. The molecular weight excluding hydrogens is 289 g/mol. The van der Waals surface area contributed by atoms with Crippen molar-refractivity contribution in [3.8, 4) is 5.75 Å². The van der Waals surface area contributed by atoms with Crippen LogP contribution in [0.5, 0.6) is 5.75 Å². The largest absolute Gasteiger partial charge is 0.491 e. The third kappa shape index (κ3) is 2.15. The molecule has 0 bridgehead atoms. The lowest BCUT2D eigenvalue weighted by Crippen LogP contribution is -1.96. The topological polar surface area (TPSA) is 22.1 Å². The number of aromatic nitrogens is 1. The maximum Gasteiger partial charge on any atom is 0.145 e. The lowest BCUT2D eigenvalue weighted by Gasteiger charge is -2.08. The SMILES string of the molecule is CCCOc1cccc2c(Cl)c(Br)cnc12. The molecule has 2 nitrogen and oxygen atoms in total. The lowest BCUT2D eigenvalue weighted by molar-refractivity contribution is 0.320. The Morgan fingerprint density at radius 2 is 2.25 bits per heavy atom. The van der Waals surface area contributed by atoms with E-state index < -0.39 is 0 Å². The van der Waals surface area contributed by atoms with Gasteiger partial charge in [0.25, 0.3) is 0 Å². The number of ether oxygens (including phenoxy) is 1. The molecule has 0 radical (unpaired) electrons. The molecule has 0 saturated heterocycles. The number of fused-ring (bicyclic) bond motifs is 1. The molecule has 0 spiro atoms. The van der Waals surface area contributed by atoms with Gasteiger partial charge in [-0.05, 0) is 28.4 Å². The number of benzene rings is 1. The van der Waals surface area contributed by atoms with Gasteiger partial charge >= 0.3 is 0 Å². The summed E-state index contributed by atoms with van der Waals surface area (Å²) >= 11 is 9.55. The zero-order valence-electron chi connectivity index (χ0n) is 8.84. The summed E-state index contributed by atoms with van der Waals surface area (Å²) < 4.78 is 6.43. The van der Waals surface area contributed by atoms with E-state index in [4.69, 9.17) is 16.3 Å². The van der Waals surface area contributed by atoms with Gasteiger partial charge < -0.3 is 4.74 Å². The van der Waals surface area contributed by atoms with Gasteiger partial charge in [-0.15, -0.1) is 0 Å². The molecule has 0 amide bonds. The molecule has 16 heavy (non-hydrogen) atoms. The Morgan fingerprint density at radius 3 is 3.00 bits per heavy atom. The Hall–Kier alpha value is -0.800. The zero-order chi connectivity index (χ0) is 11.5. The van der Waals surface area contributed by atoms with Crippen LogP contribution in [-0.4, -0.2) is 11.6 Å². The Morgan fingerprint density at radius 1 is 1.44 bits per heavy atom. The number of para-hydroxylation sites is 1. The summed E-state index contributed by atoms with van der Waals surface area (Å²) in [5.41, 5.74) is 0.809. The van der Waals surface area contributed by atoms with E-state index in [0.717, 1.165) is 27.5 Å². The van der Waals surface area contributed by atoms with Gasteiger partial charge in [-0.3, -0.25) is 4.98 Å². The average molecular weight is 301 g/mol. The highest BCUT2D eigenvalue weighted by atomic mass is 79.9. The minimum absolute atomic E-state index is 0.673. The predicted octanol–water partition coefficient (Wildman–Crippen LogP) is 4.44. The van der Waals surface area contributed by atoms with Crippen LogP contribution >= 0.6 is 27.5 Å². The third-order valence-electron chi connectivity index (χ3n) is 2.21. The van der Waals surface area contributed by atoms with Gasteiger partial charge in [0.05, 0.1) is 16.1 Å². The van der Waals surface area contributed by atoms with Crippen molar-refractivity contribution in [1.82, 2.24) is 4.98 Å². The molecule has 2 rings (SSSR count). The van der Waals surface area contributed by atoms with Crippen molar-refractivity contribution >= 4 is 38.4 Å². The highest BCUT2D eigenvalue weighted by Crippen LogP contribution is 2.33. The molecule has 0 aliphatic carbocycles. The summed E-state index contributed by atoms with van der Waals surface area (Å²) in [5, 5.41) is 1.58. The third-order valence-corrected chi connectivity index (χ3v) is 3.45. The van der Waals surface area contributed by atoms with Crippen LogP contribution in [0.15, 0.2) is 28.9 Å². The molecule has 1 heterocycles. The molecule has 0 fully saturated rings. The van der Waals surface area contributed by atoms with Gasteiger partial charge in [0.15, 0.2) is 0 Å².